The molecule has 1 amide bonds. The minimum atomic E-state index is -0.0386. The standard InChI is InChI=1S/C17H28N4O4/c1-21(2)16(22)12-20-17(18-8-9-23-3)19-11-13-6-7-14(24-4)10-15(13)25-5/h6-7,10H,8-9,11-12H2,1-5H3,(H2,18,19,20). The Kier molecular flexibility index (Phi) is 9.16. The van der Waals surface area contributed by atoms with Gasteiger partial charge in [0.2, 0.25) is 5.91 Å². The molecule has 0 aliphatic heterocycles. The monoisotopic (exact) mass is 352 g/mol. The second kappa shape index (κ2) is 11.1. The van der Waals surface area contributed by atoms with Gasteiger partial charge in [0.25, 0.3) is 0 Å². The fourth-order valence-corrected chi connectivity index (χ4v) is 1.91. The first-order valence-electron chi connectivity index (χ1n) is 7.94. The number of aliphatic imine (C=N–C) groups is 1. The van der Waals surface area contributed by atoms with E-state index in [1.54, 1.807) is 35.4 Å². The number of benzene rings is 1. The average molecular weight is 352 g/mol. The molecule has 0 saturated heterocycles. The van der Waals surface area contributed by atoms with Crippen molar-refractivity contribution in [2.24, 2.45) is 4.99 Å². The molecule has 0 fully saturated rings. The predicted octanol–water partition coefficient (Wildman–Crippen LogP) is 0.474. The highest BCUT2D eigenvalue weighted by Gasteiger charge is 2.08. The topological polar surface area (TPSA) is 84.4 Å². The van der Waals surface area contributed by atoms with Crippen molar-refractivity contribution in [2.45, 2.75) is 6.54 Å². The number of amides is 1. The summed E-state index contributed by atoms with van der Waals surface area (Å²) >= 11 is 0. The van der Waals surface area contributed by atoms with Gasteiger partial charge in [-0.25, -0.2) is 4.99 Å². The Labute approximate surface area is 149 Å². The van der Waals surface area contributed by atoms with Crippen LogP contribution in [-0.2, 0) is 16.1 Å². The first kappa shape index (κ1) is 20.6. The Morgan fingerprint density at radius 1 is 1.16 bits per heavy atom. The molecular formula is C17H28N4O4. The molecule has 0 atom stereocenters. The van der Waals surface area contributed by atoms with Crippen molar-refractivity contribution >= 4 is 11.9 Å². The van der Waals surface area contributed by atoms with E-state index >= 15 is 0 Å². The maximum Gasteiger partial charge on any atom is 0.241 e. The Bertz CT molecular complexity index is 576. The van der Waals surface area contributed by atoms with Gasteiger partial charge in [0.05, 0.1) is 33.9 Å². The van der Waals surface area contributed by atoms with Gasteiger partial charge in [0, 0.05) is 39.4 Å². The fraction of sp³-hybridized carbons (Fsp3) is 0.529. The lowest BCUT2D eigenvalue weighted by atomic mass is 10.2. The van der Waals surface area contributed by atoms with Gasteiger partial charge in [0.15, 0.2) is 5.96 Å². The summed E-state index contributed by atoms with van der Waals surface area (Å²) in [4.78, 5) is 17.8. The number of carbonyl (C=O) groups excluding carboxylic acids is 1. The largest absolute Gasteiger partial charge is 0.497 e. The van der Waals surface area contributed by atoms with Crippen molar-refractivity contribution in [3.8, 4) is 11.5 Å². The van der Waals surface area contributed by atoms with Crippen LogP contribution in [0, 0.1) is 0 Å². The molecule has 25 heavy (non-hydrogen) atoms. The molecule has 0 bridgehead atoms. The molecule has 8 nitrogen and oxygen atoms in total. The summed E-state index contributed by atoms with van der Waals surface area (Å²) in [5, 5.41) is 6.14. The first-order valence-corrected chi connectivity index (χ1v) is 7.94. The number of likely N-dealkylation sites (N-methyl/N-ethyl adjacent to an activating group) is 1. The van der Waals surface area contributed by atoms with Crippen molar-refractivity contribution in [1.29, 1.82) is 0 Å². The molecule has 0 spiro atoms. The van der Waals surface area contributed by atoms with Crippen LogP contribution in [0.2, 0.25) is 0 Å². The highest BCUT2D eigenvalue weighted by atomic mass is 16.5. The van der Waals surface area contributed by atoms with Gasteiger partial charge in [-0.2, -0.15) is 0 Å². The second-order valence-electron chi connectivity index (χ2n) is 5.40. The van der Waals surface area contributed by atoms with Crippen molar-refractivity contribution < 1.29 is 19.0 Å². The van der Waals surface area contributed by atoms with Gasteiger partial charge in [0.1, 0.15) is 11.5 Å². The number of rotatable bonds is 9. The van der Waals surface area contributed by atoms with Gasteiger partial charge in [-0.3, -0.25) is 4.79 Å². The molecule has 1 aromatic rings. The Morgan fingerprint density at radius 3 is 2.52 bits per heavy atom. The fourth-order valence-electron chi connectivity index (χ4n) is 1.91. The molecular weight excluding hydrogens is 324 g/mol. The molecule has 0 aromatic heterocycles. The van der Waals surface area contributed by atoms with E-state index < -0.39 is 0 Å². The minimum absolute atomic E-state index is 0.0386. The lowest BCUT2D eigenvalue weighted by Gasteiger charge is -2.15. The molecule has 1 aromatic carbocycles. The van der Waals surface area contributed by atoms with Gasteiger partial charge < -0.3 is 29.7 Å². The van der Waals surface area contributed by atoms with Crippen LogP contribution in [0.25, 0.3) is 0 Å². The molecule has 140 valence electrons. The van der Waals surface area contributed by atoms with E-state index in [4.69, 9.17) is 14.2 Å². The quantitative estimate of drug-likeness (QED) is 0.382. The molecule has 0 heterocycles. The highest BCUT2D eigenvalue weighted by Crippen LogP contribution is 2.25. The van der Waals surface area contributed by atoms with Crippen LogP contribution >= 0.6 is 0 Å². The number of carbonyl (C=O) groups is 1. The summed E-state index contributed by atoms with van der Waals surface area (Å²) in [5.41, 5.74) is 0.912. The number of nitrogens with zero attached hydrogens (tertiary/aromatic N) is 2. The number of ether oxygens (including phenoxy) is 3. The van der Waals surface area contributed by atoms with E-state index in [0.29, 0.717) is 31.4 Å². The maximum absolute atomic E-state index is 11.7. The van der Waals surface area contributed by atoms with Gasteiger partial charge in [-0.1, -0.05) is 0 Å². The normalized spacial score (nSPS) is 11.0. The van der Waals surface area contributed by atoms with Crippen molar-refractivity contribution in [3.05, 3.63) is 23.8 Å². The minimum Gasteiger partial charge on any atom is -0.497 e. The third-order valence-corrected chi connectivity index (χ3v) is 3.41. The number of guanidine groups is 1. The number of methoxy groups -OCH3 is 3. The zero-order chi connectivity index (χ0) is 18.7. The van der Waals surface area contributed by atoms with Crippen molar-refractivity contribution in [3.63, 3.8) is 0 Å². The predicted molar refractivity (Wildman–Crippen MR) is 97.3 cm³/mol. The zero-order valence-corrected chi connectivity index (χ0v) is 15.6. The van der Waals surface area contributed by atoms with Crippen molar-refractivity contribution in [1.82, 2.24) is 15.5 Å². The summed E-state index contributed by atoms with van der Waals surface area (Å²) in [5.74, 6) is 1.91. The maximum atomic E-state index is 11.7. The third-order valence-electron chi connectivity index (χ3n) is 3.41. The van der Waals surface area contributed by atoms with E-state index in [0.717, 1.165) is 11.3 Å². The lowest BCUT2D eigenvalue weighted by Crippen LogP contribution is -2.43. The van der Waals surface area contributed by atoms with Crippen LogP contribution in [0.3, 0.4) is 0 Å². The molecule has 8 heteroatoms. The molecule has 2 N–H and O–H groups in total. The first-order chi connectivity index (χ1) is 12.0. The smallest absolute Gasteiger partial charge is 0.241 e. The average Bonchev–Trinajstić information content (AvgIpc) is 2.62. The van der Waals surface area contributed by atoms with E-state index in [1.807, 2.05) is 18.2 Å². The molecule has 0 aliphatic carbocycles. The molecule has 0 aliphatic rings. The van der Waals surface area contributed by atoms with Crippen LogP contribution in [0.15, 0.2) is 23.2 Å². The zero-order valence-electron chi connectivity index (χ0n) is 15.6. The van der Waals surface area contributed by atoms with E-state index in [9.17, 15) is 4.79 Å². The third kappa shape index (κ3) is 7.30. The summed E-state index contributed by atoms with van der Waals surface area (Å²) in [6, 6.07) is 5.57. The molecule has 0 unspecified atom stereocenters. The lowest BCUT2D eigenvalue weighted by molar-refractivity contribution is -0.127. The Hall–Kier alpha value is -2.48. The van der Waals surface area contributed by atoms with Crippen LogP contribution in [0.1, 0.15) is 5.56 Å². The van der Waals surface area contributed by atoms with Gasteiger partial charge in [-0.15, -0.1) is 0 Å². The van der Waals surface area contributed by atoms with E-state index in [-0.39, 0.29) is 12.5 Å². The Morgan fingerprint density at radius 2 is 1.92 bits per heavy atom. The summed E-state index contributed by atoms with van der Waals surface area (Å²) in [6.07, 6.45) is 0. The van der Waals surface area contributed by atoms with E-state index in [2.05, 4.69) is 15.6 Å². The SMILES string of the molecule is COCCNC(=NCc1ccc(OC)cc1OC)NCC(=O)N(C)C. The molecule has 0 saturated carbocycles. The molecule has 0 radical (unpaired) electrons. The second-order valence-corrected chi connectivity index (χ2v) is 5.40. The van der Waals surface area contributed by atoms with Crippen LogP contribution in [0.4, 0.5) is 0 Å². The van der Waals surface area contributed by atoms with Crippen molar-refractivity contribution in [2.75, 3.05) is 55.1 Å². The van der Waals surface area contributed by atoms with Gasteiger partial charge >= 0.3 is 0 Å². The van der Waals surface area contributed by atoms with Crippen LogP contribution in [-0.4, -0.2) is 71.9 Å². The van der Waals surface area contributed by atoms with Crippen LogP contribution < -0.4 is 20.1 Å². The number of hydrogen-bond acceptors (Lipinski definition) is 5. The summed E-state index contributed by atoms with van der Waals surface area (Å²) in [7, 11) is 8.26. The molecule has 1 rings (SSSR count). The van der Waals surface area contributed by atoms with E-state index in [1.165, 1.54) is 4.90 Å². The summed E-state index contributed by atoms with van der Waals surface area (Å²) < 4.78 is 15.6. The highest BCUT2D eigenvalue weighted by molar-refractivity contribution is 5.86. The number of nitrogens with one attached hydrogen (secondary N) is 2. The van der Waals surface area contributed by atoms with Gasteiger partial charge in [-0.05, 0) is 12.1 Å². The Balaban J connectivity index is 2.80. The van der Waals surface area contributed by atoms with Crippen LogP contribution in [0.5, 0.6) is 11.5 Å². The summed E-state index contributed by atoms with van der Waals surface area (Å²) in [6.45, 7) is 1.67. The number of hydrogen-bond donors (Lipinski definition) is 2.